The van der Waals surface area contributed by atoms with Crippen LogP contribution in [0.4, 0.5) is 0 Å². The lowest BCUT2D eigenvalue weighted by molar-refractivity contribution is -0.231. The van der Waals surface area contributed by atoms with E-state index in [4.69, 9.17) is 14.2 Å². The molecule has 1 saturated carbocycles. The second kappa shape index (κ2) is 10.5. The first kappa shape index (κ1) is 24.1. The minimum atomic E-state index is -1.39. The number of rotatable bonds is 7. The van der Waals surface area contributed by atoms with Crippen molar-refractivity contribution in [2.24, 2.45) is 0 Å². The first-order valence-electron chi connectivity index (χ1n) is 11.6. The molecule has 7 atom stereocenters. The van der Waals surface area contributed by atoms with Crippen LogP contribution in [0.2, 0.25) is 0 Å². The minimum absolute atomic E-state index is 0.0957. The predicted molar refractivity (Wildman–Crippen MR) is 122 cm³/mol. The molecule has 0 radical (unpaired) electrons. The van der Waals surface area contributed by atoms with Gasteiger partial charge in [0.1, 0.15) is 42.4 Å². The Morgan fingerprint density at radius 3 is 2.36 bits per heavy atom. The van der Waals surface area contributed by atoms with Gasteiger partial charge in [-0.3, -0.25) is 0 Å². The molecule has 1 saturated heterocycles. The lowest BCUT2D eigenvalue weighted by Crippen LogP contribution is -2.55. The summed E-state index contributed by atoms with van der Waals surface area (Å²) >= 11 is 0. The van der Waals surface area contributed by atoms with Crippen LogP contribution >= 0.6 is 0 Å². The lowest BCUT2D eigenvalue weighted by atomic mass is 9.89. The molecule has 2 fully saturated rings. The van der Waals surface area contributed by atoms with E-state index in [1.165, 1.54) is 0 Å². The maximum Gasteiger partial charge on any atom is 0.125 e. The number of aliphatic hydroxyl groups is 4. The molecule has 4 N–H and O–H groups in total. The quantitative estimate of drug-likeness (QED) is 0.503. The van der Waals surface area contributed by atoms with Crippen molar-refractivity contribution in [1.29, 1.82) is 0 Å². The van der Waals surface area contributed by atoms with Gasteiger partial charge in [0.25, 0.3) is 0 Å². The molecule has 0 spiro atoms. The zero-order valence-corrected chi connectivity index (χ0v) is 19.1. The summed E-state index contributed by atoms with van der Waals surface area (Å²) in [5.41, 5.74) is 3.97. The van der Waals surface area contributed by atoms with Crippen molar-refractivity contribution < 1.29 is 34.6 Å². The van der Waals surface area contributed by atoms with Crippen molar-refractivity contribution in [1.82, 2.24) is 0 Å². The monoisotopic (exact) mass is 458 g/mol. The first-order chi connectivity index (χ1) is 15.9. The average molecular weight is 459 g/mol. The van der Waals surface area contributed by atoms with Crippen LogP contribution in [0.25, 0.3) is 0 Å². The van der Waals surface area contributed by atoms with Gasteiger partial charge in [0, 0.05) is 7.11 Å². The second-order valence-electron chi connectivity index (χ2n) is 9.12. The minimum Gasteiger partial charge on any atom is -0.488 e. The Bertz CT molecular complexity index is 913. The number of benzene rings is 2. The van der Waals surface area contributed by atoms with E-state index in [1.807, 2.05) is 49.4 Å². The van der Waals surface area contributed by atoms with Crippen LogP contribution in [0.1, 0.15) is 47.6 Å². The molecule has 1 aliphatic carbocycles. The van der Waals surface area contributed by atoms with E-state index < -0.39 is 37.1 Å². The fraction of sp³-hybridized carbons (Fsp3) is 0.538. The Morgan fingerprint density at radius 2 is 1.67 bits per heavy atom. The lowest BCUT2D eigenvalue weighted by Gasteiger charge is -2.40. The molecule has 1 aliphatic heterocycles. The summed E-state index contributed by atoms with van der Waals surface area (Å²) < 4.78 is 17.4. The Morgan fingerprint density at radius 1 is 0.939 bits per heavy atom. The van der Waals surface area contributed by atoms with Crippen molar-refractivity contribution in [3.63, 3.8) is 0 Å². The zero-order valence-electron chi connectivity index (χ0n) is 19.1. The van der Waals surface area contributed by atoms with E-state index in [-0.39, 0.29) is 12.2 Å². The first-order valence-corrected chi connectivity index (χ1v) is 11.6. The average Bonchev–Trinajstić information content (AvgIpc) is 3.27. The third kappa shape index (κ3) is 5.24. The maximum absolute atomic E-state index is 10.5. The Kier molecular flexibility index (Phi) is 7.69. The highest BCUT2D eigenvalue weighted by atomic mass is 16.5. The summed E-state index contributed by atoms with van der Waals surface area (Å²) in [5, 5.41) is 40.1. The second-order valence-corrected chi connectivity index (χ2v) is 9.12. The van der Waals surface area contributed by atoms with Gasteiger partial charge in [-0.1, -0.05) is 30.3 Å². The number of aliphatic hydroxyl groups excluding tert-OH is 4. The van der Waals surface area contributed by atoms with E-state index in [0.29, 0.717) is 12.0 Å². The van der Waals surface area contributed by atoms with Gasteiger partial charge in [0.15, 0.2) is 0 Å². The summed E-state index contributed by atoms with van der Waals surface area (Å²) in [6.45, 7) is 1.58. The molecule has 7 nitrogen and oxygen atoms in total. The molecule has 33 heavy (non-hydrogen) atoms. The highest BCUT2D eigenvalue weighted by molar-refractivity contribution is 5.38. The molecule has 7 heteroatoms. The molecule has 0 bridgehead atoms. The van der Waals surface area contributed by atoms with Crippen LogP contribution in [0.5, 0.6) is 5.75 Å². The van der Waals surface area contributed by atoms with Crippen LogP contribution < -0.4 is 4.74 Å². The van der Waals surface area contributed by atoms with Gasteiger partial charge < -0.3 is 34.6 Å². The number of hydrogen-bond donors (Lipinski definition) is 4. The van der Waals surface area contributed by atoms with E-state index in [9.17, 15) is 20.4 Å². The fourth-order valence-electron chi connectivity index (χ4n) is 4.81. The molecule has 180 valence electrons. The summed E-state index contributed by atoms with van der Waals surface area (Å²) in [6, 6.07) is 13.8. The molecule has 0 aromatic heterocycles. The molecule has 4 rings (SSSR count). The number of aryl methyl sites for hydroxylation is 1. The normalized spacial score (nSPS) is 32.1. The van der Waals surface area contributed by atoms with Gasteiger partial charge in [-0.2, -0.15) is 0 Å². The Balaban J connectivity index is 1.47. The molecule has 1 heterocycles. The Labute approximate surface area is 194 Å². The molecule has 1 unspecified atom stereocenters. The summed E-state index contributed by atoms with van der Waals surface area (Å²) in [4.78, 5) is 0. The highest BCUT2D eigenvalue weighted by Gasteiger charge is 2.44. The molecule has 0 amide bonds. The van der Waals surface area contributed by atoms with Crippen molar-refractivity contribution in [2.75, 3.05) is 13.7 Å². The van der Waals surface area contributed by atoms with E-state index in [2.05, 4.69) is 0 Å². The molecule has 2 aromatic carbocycles. The van der Waals surface area contributed by atoms with Crippen molar-refractivity contribution in [3.05, 3.63) is 64.7 Å². The van der Waals surface area contributed by atoms with Crippen molar-refractivity contribution >= 4 is 0 Å². The van der Waals surface area contributed by atoms with Gasteiger partial charge in [-0.25, -0.2) is 0 Å². The Hall–Kier alpha value is -2.00. The van der Waals surface area contributed by atoms with Gasteiger partial charge >= 0.3 is 0 Å². The zero-order chi connectivity index (χ0) is 23.5. The maximum atomic E-state index is 10.5. The molecule has 2 aliphatic rings. The third-order valence-electron chi connectivity index (χ3n) is 6.89. The van der Waals surface area contributed by atoms with Crippen molar-refractivity contribution in [3.8, 4) is 5.75 Å². The highest BCUT2D eigenvalue weighted by Crippen LogP contribution is 2.34. The SMILES string of the molecule is CO[C@H]1CCCC1Oc1ccc(Cc2cc([C@@H]3O[C@H](CO)[C@@H](O)[C@H](O)[C@H]3O)ccc2C)cc1. The summed E-state index contributed by atoms with van der Waals surface area (Å²) in [6.07, 6.45) is -1.73. The van der Waals surface area contributed by atoms with Gasteiger partial charge in [0.05, 0.1) is 12.7 Å². The predicted octanol–water partition coefficient (Wildman–Crippen LogP) is 2.05. The summed E-state index contributed by atoms with van der Waals surface area (Å²) in [7, 11) is 1.73. The molecular formula is C26H34O7. The van der Waals surface area contributed by atoms with Gasteiger partial charge in [-0.05, 0) is 67.0 Å². The van der Waals surface area contributed by atoms with Crippen LogP contribution in [0.15, 0.2) is 42.5 Å². The number of methoxy groups -OCH3 is 1. The van der Waals surface area contributed by atoms with Gasteiger partial charge in [0.2, 0.25) is 0 Å². The fourth-order valence-corrected chi connectivity index (χ4v) is 4.81. The van der Waals surface area contributed by atoms with E-state index >= 15 is 0 Å². The standard InChI is InChI=1S/C26H34O7/c1-15-6-9-17(26-25(30)24(29)23(28)22(14-27)33-26)13-18(15)12-16-7-10-19(11-8-16)32-21-5-3-4-20(21)31-2/h6-11,13,20-30H,3-5,12,14H2,1-2H3/t20-,21?,22+,23+,24-,25+,26-/m0/s1. The molecule has 2 aromatic rings. The smallest absolute Gasteiger partial charge is 0.125 e. The number of hydrogen-bond acceptors (Lipinski definition) is 7. The number of ether oxygens (including phenoxy) is 3. The van der Waals surface area contributed by atoms with Crippen LogP contribution in [-0.2, 0) is 15.9 Å². The van der Waals surface area contributed by atoms with E-state index in [0.717, 1.165) is 41.7 Å². The van der Waals surface area contributed by atoms with Crippen LogP contribution in [-0.4, -0.2) is 70.8 Å². The summed E-state index contributed by atoms with van der Waals surface area (Å²) in [5.74, 6) is 0.833. The van der Waals surface area contributed by atoms with E-state index in [1.54, 1.807) is 7.11 Å². The topological polar surface area (TPSA) is 109 Å². The van der Waals surface area contributed by atoms with Crippen LogP contribution in [0.3, 0.4) is 0 Å². The molecular weight excluding hydrogens is 424 g/mol. The van der Waals surface area contributed by atoms with Gasteiger partial charge in [-0.15, -0.1) is 0 Å². The van der Waals surface area contributed by atoms with Crippen molar-refractivity contribution in [2.45, 2.75) is 75.3 Å². The largest absolute Gasteiger partial charge is 0.488 e. The third-order valence-corrected chi connectivity index (χ3v) is 6.89. The van der Waals surface area contributed by atoms with Crippen LogP contribution in [0, 0.1) is 6.92 Å².